The van der Waals surface area contributed by atoms with Gasteiger partial charge in [-0.2, -0.15) is 0 Å². The van der Waals surface area contributed by atoms with Gasteiger partial charge in [-0.15, -0.1) is 0 Å². The van der Waals surface area contributed by atoms with Gasteiger partial charge < -0.3 is 5.32 Å². The number of imide groups is 1. The molecule has 0 fully saturated rings. The Morgan fingerprint density at radius 2 is 1.57 bits per heavy atom. The van der Waals surface area contributed by atoms with Crippen molar-refractivity contribution >= 4 is 11.8 Å². The summed E-state index contributed by atoms with van der Waals surface area (Å²) in [5.74, 6) is 0.305. The van der Waals surface area contributed by atoms with E-state index in [1.807, 2.05) is 0 Å². The second-order valence-electron chi connectivity index (χ2n) is 6.00. The van der Waals surface area contributed by atoms with Gasteiger partial charge in [0.15, 0.2) is 0 Å². The molecule has 1 aliphatic heterocycles. The molecule has 2 amide bonds. The number of nitrogens with one attached hydrogen (secondary N) is 1. The van der Waals surface area contributed by atoms with Gasteiger partial charge in [0.1, 0.15) is 0 Å². The highest BCUT2D eigenvalue weighted by Gasteiger charge is 2.34. The van der Waals surface area contributed by atoms with E-state index in [1.54, 1.807) is 24.3 Å². The van der Waals surface area contributed by atoms with Crippen LogP contribution >= 0.6 is 0 Å². The number of carbonyl (C=O) groups is 2. The third kappa shape index (κ3) is 3.50. The third-order valence-electron chi connectivity index (χ3n) is 4.15. The predicted molar refractivity (Wildman–Crippen MR) is 83.3 cm³/mol. The van der Waals surface area contributed by atoms with Crippen molar-refractivity contribution in [1.82, 2.24) is 10.2 Å². The smallest absolute Gasteiger partial charge is 0.261 e. The molecule has 0 saturated heterocycles. The monoisotopic (exact) mass is 288 g/mol. The van der Waals surface area contributed by atoms with Gasteiger partial charge in [-0.1, -0.05) is 26.0 Å². The molecule has 1 heterocycles. The zero-order valence-corrected chi connectivity index (χ0v) is 13.1. The van der Waals surface area contributed by atoms with Crippen LogP contribution in [0.15, 0.2) is 24.3 Å². The van der Waals surface area contributed by atoms with Crippen LogP contribution in [0, 0.1) is 5.92 Å². The SMILES string of the molecule is CC(C)C(C)NCCCCN1C(=O)c2ccccc2C1=O. The quantitative estimate of drug-likeness (QED) is 0.620. The molecule has 1 unspecified atom stereocenters. The minimum absolute atomic E-state index is 0.154. The normalized spacial score (nSPS) is 15.7. The van der Waals surface area contributed by atoms with E-state index in [9.17, 15) is 9.59 Å². The Morgan fingerprint density at radius 1 is 1.00 bits per heavy atom. The molecular formula is C17H24N2O2. The number of unbranched alkanes of at least 4 members (excludes halogenated alkanes) is 1. The zero-order valence-electron chi connectivity index (χ0n) is 13.1. The van der Waals surface area contributed by atoms with Crippen molar-refractivity contribution in [2.75, 3.05) is 13.1 Å². The standard InChI is InChI=1S/C17H24N2O2/c1-12(2)13(3)18-10-6-7-11-19-16(20)14-8-4-5-9-15(14)17(19)21/h4-5,8-9,12-13,18H,6-7,10-11H2,1-3H3. The van der Waals surface area contributed by atoms with Crippen LogP contribution in [0.2, 0.25) is 0 Å². The van der Waals surface area contributed by atoms with Crippen LogP contribution in [0.3, 0.4) is 0 Å². The summed E-state index contributed by atoms with van der Waals surface area (Å²) in [4.78, 5) is 25.7. The van der Waals surface area contributed by atoms with Crippen LogP contribution in [-0.4, -0.2) is 35.8 Å². The van der Waals surface area contributed by atoms with E-state index in [-0.39, 0.29) is 11.8 Å². The summed E-state index contributed by atoms with van der Waals surface area (Å²) < 4.78 is 0. The minimum Gasteiger partial charge on any atom is -0.314 e. The number of hydrogen-bond donors (Lipinski definition) is 1. The second-order valence-corrected chi connectivity index (χ2v) is 6.00. The summed E-state index contributed by atoms with van der Waals surface area (Å²) >= 11 is 0. The van der Waals surface area contributed by atoms with Crippen molar-refractivity contribution < 1.29 is 9.59 Å². The molecule has 1 aromatic rings. The van der Waals surface area contributed by atoms with E-state index in [2.05, 4.69) is 26.1 Å². The van der Waals surface area contributed by atoms with Gasteiger partial charge >= 0.3 is 0 Å². The van der Waals surface area contributed by atoms with Crippen molar-refractivity contribution in [3.8, 4) is 0 Å². The fraction of sp³-hybridized carbons (Fsp3) is 0.529. The maximum atomic E-state index is 12.2. The lowest BCUT2D eigenvalue weighted by Gasteiger charge is -2.18. The molecule has 0 saturated carbocycles. The first kappa shape index (κ1) is 15.7. The molecule has 0 aliphatic carbocycles. The molecule has 21 heavy (non-hydrogen) atoms. The lowest BCUT2D eigenvalue weighted by atomic mass is 10.1. The zero-order chi connectivity index (χ0) is 15.4. The van der Waals surface area contributed by atoms with Gasteiger partial charge in [-0.3, -0.25) is 14.5 Å². The fourth-order valence-electron chi connectivity index (χ4n) is 2.40. The number of amides is 2. The molecule has 1 aromatic carbocycles. The van der Waals surface area contributed by atoms with Gasteiger partial charge in [0, 0.05) is 12.6 Å². The highest BCUT2D eigenvalue weighted by molar-refractivity contribution is 6.21. The van der Waals surface area contributed by atoms with Gasteiger partial charge in [0.05, 0.1) is 11.1 Å². The van der Waals surface area contributed by atoms with Crippen LogP contribution in [0.5, 0.6) is 0 Å². The molecule has 1 aliphatic rings. The summed E-state index contributed by atoms with van der Waals surface area (Å²) in [7, 11) is 0. The van der Waals surface area contributed by atoms with Gasteiger partial charge in [-0.25, -0.2) is 0 Å². The molecule has 114 valence electrons. The van der Waals surface area contributed by atoms with Gasteiger partial charge in [0.25, 0.3) is 11.8 Å². The summed E-state index contributed by atoms with van der Waals surface area (Å²) in [6.45, 7) is 7.98. The fourth-order valence-corrected chi connectivity index (χ4v) is 2.40. The Balaban J connectivity index is 1.78. The number of fused-ring (bicyclic) bond motifs is 1. The number of benzene rings is 1. The van der Waals surface area contributed by atoms with E-state index in [1.165, 1.54) is 4.90 Å². The third-order valence-corrected chi connectivity index (χ3v) is 4.15. The molecule has 0 spiro atoms. The predicted octanol–water partition coefficient (Wildman–Crippen LogP) is 2.70. The first-order valence-corrected chi connectivity index (χ1v) is 7.71. The average Bonchev–Trinajstić information content (AvgIpc) is 2.71. The van der Waals surface area contributed by atoms with Crippen LogP contribution in [0.25, 0.3) is 0 Å². The lowest BCUT2D eigenvalue weighted by Crippen LogP contribution is -2.33. The van der Waals surface area contributed by atoms with Gasteiger partial charge in [-0.05, 0) is 44.4 Å². The summed E-state index contributed by atoms with van der Waals surface area (Å²) in [5, 5.41) is 3.46. The van der Waals surface area contributed by atoms with Crippen LogP contribution in [0.4, 0.5) is 0 Å². The Bertz CT molecular complexity index is 490. The second kappa shape index (κ2) is 6.85. The lowest BCUT2D eigenvalue weighted by molar-refractivity contribution is 0.0651. The number of rotatable bonds is 7. The highest BCUT2D eigenvalue weighted by Crippen LogP contribution is 2.22. The molecule has 4 nitrogen and oxygen atoms in total. The first-order chi connectivity index (χ1) is 10.0. The molecule has 2 rings (SSSR count). The van der Waals surface area contributed by atoms with E-state index in [0.29, 0.717) is 29.6 Å². The molecule has 1 atom stereocenters. The van der Waals surface area contributed by atoms with E-state index < -0.39 is 0 Å². The van der Waals surface area contributed by atoms with Crippen molar-refractivity contribution in [2.45, 2.75) is 39.7 Å². The average molecular weight is 288 g/mol. The molecule has 0 radical (unpaired) electrons. The highest BCUT2D eigenvalue weighted by atomic mass is 16.2. The molecular weight excluding hydrogens is 264 g/mol. The summed E-state index contributed by atoms with van der Waals surface area (Å²) in [6.07, 6.45) is 1.80. The van der Waals surface area contributed by atoms with Crippen molar-refractivity contribution in [3.05, 3.63) is 35.4 Å². The Kier molecular flexibility index (Phi) is 5.12. The van der Waals surface area contributed by atoms with Crippen LogP contribution in [-0.2, 0) is 0 Å². The summed E-state index contributed by atoms with van der Waals surface area (Å²) in [6, 6.07) is 7.53. The van der Waals surface area contributed by atoms with Crippen LogP contribution in [0.1, 0.15) is 54.3 Å². The molecule has 4 heteroatoms. The van der Waals surface area contributed by atoms with Gasteiger partial charge in [0.2, 0.25) is 0 Å². The Morgan fingerprint density at radius 3 is 2.10 bits per heavy atom. The molecule has 0 bridgehead atoms. The molecule has 1 N–H and O–H groups in total. The van der Waals surface area contributed by atoms with Crippen LogP contribution < -0.4 is 5.32 Å². The Hall–Kier alpha value is -1.68. The summed E-state index contributed by atoms with van der Waals surface area (Å²) in [5.41, 5.74) is 1.07. The first-order valence-electron chi connectivity index (χ1n) is 7.71. The Labute approximate surface area is 126 Å². The number of carbonyl (C=O) groups excluding carboxylic acids is 2. The largest absolute Gasteiger partial charge is 0.314 e. The number of hydrogen-bond acceptors (Lipinski definition) is 3. The molecule has 0 aromatic heterocycles. The van der Waals surface area contributed by atoms with Crippen molar-refractivity contribution in [1.29, 1.82) is 0 Å². The topological polar surface area (TPSA) is 49.4 Å². The van der Waals surface area contributed by atoms with Crippen molar-refractivity contribution in [3.63, 3.8) is 0 Å². The number of nitrogens with zero attached hydrogens (tertiary/aromatic N) is 1. The van der Waals surface area contributed by atoms with E-state index in [0.717, 1.165) is 19.4 Å². The van der Waals surface area contributed by atoms with E-state index >= 15 is 0 Å². The maximum absolute atomic E-state index is 12.2. The van der Waals surface area contributed by atoms with Crippen molar-refractivity contribution in [2.24, 2.45) is 5.92 Å². The maximum Gasteiger partial charge on any atom is 0.261 e. The minimum atomic E-state index is -0.154. The van der Waals surface area contributed by atoms with E-state index in [4.69, 9.17) is 0 Å².